The van der Waals surface area contributed by atoms with Crippen molar-refractivity contribution in [2.75, 3.05) is 0 Å². The highest BCUT2D eigenvalue weighted by molar-refractivity contribution is 6.29. The lowest BCUT2D eigenvalue weighted by molar-refractivity contribution is 0.600. The van der Waals surface area contributed by atoms with Gasteiger partial charge < -0.3 is 4.40 Å². The Morgan fingerprint density at radius 1 is 0.735 bits per heavy atom. The summed E-state index contributed by atoms with van der Waals surface area (Å²) in [5.41, 5.74) is 7.71. The van der Waals surface area contributed by atoms with E-state index in [1.54, 1.807) is 0 Å². The molecule has 7 aromatic rings. The Labute approximate surface area is 199 Å². The van der Waals surface area contributed by atoms with Gasteiger partial charge in [0.2, 0.25) is 0 Å². The molecule has 0 spiro atoms. The second kappa shape index (κ2) is 6.48. The minimum atomic E-state index is -0.0358. The first kappa shape index (κ1) is 19.8. The maximum atomic E-state index is 4.99. The summed E-state index contributed by atoms with van der Waals surface area (Å²) in [7, 11) is 0. The molecule has 0 saturated heterocycles. The predicted molar refractivity (Wildman–Crippen MR) is 147 cm³/mol. The van der Waals surface area contributed by atoms with Gasteiger partial charge in [-0.1, -0.05) is 77.1 Å². The Kier molecular flexibility index (Phi) is 3.77. The summed E-state index contributed by atoms with van der Waals surface area (Å²) < 4.78 is 2.55. The number of hydrogen-bond acceptors (Lipinski definition) is 1. The lowest BCUT2D eigenvalue weighted by Crippen LogP contribution is -2.14. The molecule has 3 aromatic heterocycles. The molecule has 34 heavy (non-hydrogen) atoms. The third kappa shape index (κ3) is 2.43. The van der Waals surface area contributed by atoms with Crippen LogP contribution in [-0.4, -0.2) is 9.38 Å². The van der Waals surface area contributed by atoms with Crippen molar-refractivity contribution in [3.63, 3.8) is 0 Å². The van der Waals surface area contributed by atoms with E-state index in [1.165, 1.54) is 65.4 Å². The highest BCUT2D eigenvalue weighted by Gasteiger charge is 2.26. The van der Waals surface area contributed by atoms with E-state index >= 15 is 0 Å². The molecule has 0 bridgehead atoms. The van der Waals surface area contributed by atoms with E-state index in [-0.39, 0.29) is 5.41 Å². The highest BCUT2D eigenvalue weighted by atomic mass is 14.9. The summed E-state index contributed by atoms with van der Waals surface area (Å²) in [4.78, 5) is 4.99. The SMILES string of the molecule is CC(C)c1ccc2c(c1)c1ccc3ccnc4c5cc6ccccc6c(C(C)(C)C)c5n2c1c34. The van der Waals surface area contributed by atoms with Gasteiger partial charge in [-0.25, -0.2) is 0 Å². The maximum absolute atomic E-state index is 4.99. The Bertz CT molecular complexity index is 1910. The summed E-state index contributed by atoms with van der Waals surface area (Å²) in [6.45, 7) is 11.6. The normalized spacial score (nSPS) is 13.1. The molecule has 0 unspecified atom stereocenters. The maximum Gasteiger partial charge on any atom is 0.0823 e. The molecule has 2 nitrogen and oxygen atoms in total. The molecular formula is C32H28N2. The van der Waals surface area contributed by atoms with E-state index in [0.717, 1.165) is 5.52 Å². The van der Waals surface area contributed by atoms with E-state index in [2.05, 4.69) is 106 Å². The molecule has 3 heterocycles. The Morgan fingerprint density at radius 3 is 2.35 bits per heavy atom. The molecule has 0 aliphatic carbocycles. The first-order valence-electron chi connectivity index (χ1n) is 12.3. The molecule has 2 heteroatoms. The summed E-state index contributed by atoms with van der Waals surface area (Å²) in [6, 6.07) is 25.0. The summed E-state index contributed by atoms with van der Waals surface area (Å²) in [5.74, 6) is 0.493. The number of rotatable bonds is 1. The fraction of sp³-hybridized carbons (Fsp3) is 0.219. The van der Waals surface area contributed by atoms with E-state index in [1.807, 2.05) is 6.20 Å². The van der Waals surface area contributed by atoms with Gasteiger partial charge in [0.05, 0.1) is 22.1 Å². The van der Waals surface area contributed by atoms with Crippen molar-refractivity contribution in [2.45, 2.75) is 46.0 Å². The van der Waals surface area contributed by atoms with Gasteiger partial charge in [0.1, 0.15) is 0 Å². The van der Waals surface area contributed by atoms with Gasteiger partial charge in [-0.3, -0.25) is 4.98 Å². The van der Waals surface area contributed by atoms with Crippen molar-refractivity contribution in [3.8, 4) is 0 Å². The molecular weight excluding hydrogens is 412 g/mol. The summed E-state index contributed by atoms with van der Waals surface area (Å²) in [5, 5.41) is 9.01. The van der Waals surface area contributed by atoms with Crippen molar-refractivity contribution in [2.24, 2.45) is 0 Å². The summed E-state index contributed by atoms with van der Waals surface area (Å²) in [6.07, 6.45) is 1.97. The number of benzene rings is 4. The molecule has 0 N–H and O–H groups in total. The Balaban J connectivity index is 1.90. The second-order valence-corrected chi connectivity index (χ2v) is 11.1. The van der Waals surface area contributed by atoms with Crippen LogP contribution in [0.15, 0.2) is 72.9 Å². The van der Waals surface area contributed by atoms with Crippen LogP contribution in [0.25, 0.3) is 59.8 Å². The molecule has 0 saturated carbocycles. The number of hydrogen-bond donors (Lipinski definition) is 0. The van der Waals surface area contributed by atoms with E-state index < -0.39 is 0 Å². The largest absolute Gasteiger partial charge is 0.308 e. The van der Waals surface area contributed by atoms with Crippen LogP contribution in [0.2, 0.25) is 0 Å². The van der Waals surface area contributed by atoms with Crippen molar-refractivity contribution < 1.29 is 0 Å². The average molecular weight is 441 g/mol. The van der Waals surface area contributed by atoms with Crippen LogP contribution < -0.4 is 0 Å². The van der Waals surface area contributed by atoms with Crippen LogP contribution in [0, 0.1) is 0 Å². The topological polar surface area (TPSA) is 17.3 Å². The van der Waals surface area contributed by atoms with Gasteiger partial charge in [-0.15, -0.1) is 0 Å². The van der Waals surface area contributed by atoms with Gasteiger partial charge in [0.25, 0.3) is 0 Å². The standard InChI is InChI=1S/C32H28N2/c1-18(2)20-11-13-26-24(16-20)23-12-10-19-14-15-33-29-25-17-21-8-6-7-9-22(21)28(32(3,4)5)31(25)34(26)30(23)27(19)29/h6-18H,1-5H3. The molecule has 0 atom stereocenters. The minimum absolute atomic E-state index is 0.0358. The molecule has 4 aromatic carbocycles. The molecule has 0 aliphatic rings. The minimum Gasteiger partial charge on any atom is -0.308 e. The second-order valence-electron chi connectivity index (χ2n) is 11.1. The molecule has 0 radical (unpaired) electrons. The first-order valence-corrected chi connectivity index (χ1v) is 12.3. The van der Waals surface area contributed by atoms with Gasteiger partial charge in [-0.2, -0.15) is 0 Å². The fourth-order valence-electron chi connectivity index (χ4n) is 6.09. The predicted octanol–water partition coefficient (Wildman–Crippen LogP) is 8.96. The third-order valence-corrected chi connectivity index (χ3v) is 7.60. The lowest BCUT2D eigenvalue weighted by atomic mass is 9.81. The van der Waals surface area contributed by atoms with Crippen LogP contribution in [0.4, 0.5) is 0 Å². The molecule has 0 amide bonds. The van der Waals surface area contributed by atoms with Crippen LogP contribution in [-0.2, 0) is 5.41 Å². The van der Waals surface area contributed by atoms with Gasteiger partial charge in [0, 0.05) is 27.7 Å². The van der Waals surface area contributed by atoms with Gasteiger partial charge in [0.15, 0.2) is 0 Å². The van der Waals surface area contributed by atoms with Gasteiger partial charge >= 0.3 is 0 Å². The van der Waals surface area contributed by atoms with Crippen LogP contribution in [0.3, 0.4) is 0 Å². The molecule has 166 valence electrons. The Morgan fingerprint density at radius 2 is 1.56 bits per heavy atom. The van der Waals surface area contributed by atoms with E-state index in [9.17, 15) is 0 Å². The fourth-order valence-corrected chi connectivity index (χ4v) is 6.09. The monoisotopic (exact) mass is 440 g/mol. The number of fused-ring (bicyclic) bond motifs is 7. The first-order chi connectivity index (χ1) is 16.3. The van der Waals surface area contributed by atoms with E-state index in [0.29, 0.717) is 5.92 Å². The van der Waals surface area contributed by atoms with Crippen LogP contribution >= 0.6 is 0 Å². The molecule has 7 rings (SSSR count). The zero-order chi connectivity index (χ0) is 23.4. The van der Waals surface area contributed by atoms with E-state index in [4.69, 9.17) is 4.98 Å². The number of pyridine rings is 2. The number of nitrogens with zero attached hydrogens (tertiary/aromatic N) is 2. The molecule has 0 fully saturated rings. The average Bonchev–Trinajstić information content (AvgIpc) is 3.15. The van der Waals surface area contributed by atoms with Crippen LogP contribution in [0.1, 0.15) is 51.7 Å². The van der Waals surface area contributed by atoms with Crippen molar-refractivity contribution in [1.82, 2.24) is 9.38 Å². The van der Waals surface area contributed by atoms with Crippen molar-refractivity contribution >= 4 is 59.8 Å². The summed E-state index contributed by atoms with van der Waals surface area (Å²) >= 11 is 0. The Hall–Kier alpha value is -3.65. The highest BCUT2D eigenvalue weighted by Crippen LogP contribution is 2.45. The third-order valence-electron chi connectivity index (χ3n) is 7.60. The zero-order valence-corrected chi connectivity index (χ0v) is 20.4. The van der Waals surface area contributed by atoms with Crippen molar-refractivity contribution in [1.29, 1.82) is 0 Å². The van der Waals surface area contributed by atoms with Crippen molar-refractivity contribution in [3.05, 3.63) is 84.1 Å². The zero-order valence-electron chi connectivity index (χ0n) is 20.4. The lowest BCUT2D eigenvalue weighted by Gasteiger charge is -2.26. The van der Waals surface area contributed by atoms with Crippen LogP contribution in [0.5, 0.6) is 0 Å². The number of aromatic nitrogens is 2. The smallest absolute Gasteiger partial charge is 0.0823 e. The molecule has 0 aliphatic heterocycles. The van der Waals surface area contributed by atoms with Gasteiger partial charge in [-0.05, 0) is 62.9 Å². The quantitative estimate of drug-likeness (QED) is 0.184.